The quantitative estimate of drug-likeness (QED) is 0.0261. The highest BCUT2D eigenvalue weighted by molar-refractivity contribution is 5.72. The molecule has 6 heteroatoms. The van der Waals surface area contributed by atoms with Gasteiger partial charge in [0.05, 0.1) is 6.42 Å². The Morgan fingerprint density at radius 2 is 0.544 bits per heavy atom. The van der Waals surface area contributed by atoms with E-state index in [9.17, 15) is 14.4 Å². The lowest BCUT2D eigenvalue weighted by Crippen LogP contribution is -2.30. The summed E-state index contributed by atoms with van der Waals surface area (Å²) in [5, 5.41) is 0. The van der Waals surface area contributed by atoms with Crippen LogP contribution < -0.4 is 0 Å². The Labute approximate surface area is 488 Å². The van der Waals surface area contributed by atoms with Crippen molar-refractivity contribution < 1.29 is 28.6 Å². The van der Waals surface area contributed by atoms with Gasteiger partial charge in [-0.1, -0.05) is 290 Å². The van der Waals surface area contributed by atoms with E-state index in [0.29, 0.717) is 12.8 Å². The van der Waals surface area contributed by atoms with Crippen LogP contribution in [-0.4, -0.2) is 37.2 Å². The maximum Gasteiger partial charge on any atom is 0.309 e. The molecule has 0 aliphatic heterocycles. The number of rotatable bonds is 59. The van der Waals surface area contributed by atoms with Crippen LogP contribution in [0, 0.1) is 0 Å². The first kappa shape index (κ1) is 74.8. The normalized spacial score (nSPS) is 12.9. The van der Waals surface area contributed by atoms with Crippen molar-refractivity contribution >= 4 is 17.9 Å². The largest absolute Gasteiger partial charge is 0.462 e. The minimum atomic E-state index is -0.830. The molecular formula is C73H122O6. The Morgan fingerprint density at radius 3 is 0.886 bits per heavy atom. The summed E-state index contributed by atoms with van der Waals surface area (Å²) in [7, 11) is 0. The second-order valence-corrected chi connectivity index (χ2v) is 21.7. The van der Waals surface area contributed by atoms with Gasteiger partial charge in [-0.2, -0.15) is 0 Å². The molecule has 79 heavy (non-hydrogen) atoms. The van der Waals surface area contributed by atoms with Crippen molar-refractivity contribution in [3.05, 3.63) is 122 Å². The summed E-state index contributed by atoms with van der Waals surface area (Å²) in [5.74, 6) is -1.06. The number of allylic oxidation sites excluding steroid dienone is 19. The molecule has 0 radical (unpaired) electrons. The third-order valence-corrected chi connectivity index (χ3v) is 14.0. The zero-order valence-electron chi connectivity index (χ0n) is 51.6. The van der Waals surface area contributed by atoms with Crippen LogP contribution in [0.5, 0.6) is 0 Å². The topological polar surface area (TPSA) is 78.9 Å². The monoisotopic (exact) mass is 1090 g/mol. The Morgan fingerprint density at radius 1 is 0.278 bits per heavy atom. The minimum absolute atomic E-state index is 0.115. The van der Waals surface area contributed by atoms with Crippen molar-refractivity contribution in [2.75, 3.05) is 13.2 Å². The average Bonchev–Trinajstić information content (AvgIpc) is 3.45. The smallest absolute Gasteiger partial charge is 0.309 e. The van der Waals surface area contributed by atoms with E-state index in [2.05, 4.69) is 130 Å². The Kier molecular flexibility index (Phi) is 62.8. The van der Waals surface area contributed by atoms with Crippen LogP contribution in [0.25, 0.3) is 0 Å². The fourth-order valence-corrected chi connectivity index (χ4v) is 9.02. The fourth-order valence-electron chi connectivity index (χ4n) is 9.02. The predicted octanol–water partition coefficient (Wildman–Crippen LogP) is 22.8. The highest BCUT2D eigenvalue weighted by Crippen LogP contribution is 2.16. The number of hydrogen-bond acceptors (Lipinski definition) is 6. The number of ether oxygens (including phenoxy) is 3. The Bertz CT molecular complexity index is 1640. The molecule has 1 atom stereocenters. The van der Waals surface area contributed by atoms with Crippen molar-refractivity contribution in [3.8, 4) is 0 Å². The van der Waals surface area contributed by atoms with Crippen LogP contribution in [0.4, 0.5) is 0 Å². The molecule has 0 bridgehead atoms. The van der Waals surface area contributed by atoms with Gasteiger partial charge >= 0.3 is 17.9 Å². The molecule has 0 fully saturated rings. The van der Waals surface area contributed by atoms with E-state index in [1.807, 2.05) is 6.08 Å². The van der Waals surface area contributed by atoms with E-state index < -0.39 is 12.1 Å². The van der Waals surface area contributed by atoms with Crippen LogP contribution in [0.3, 0.4) is 0 Å². The second-order valence-electron chi connectivity index (χ2n) is 21.7. The second kappa shape index (κ2) is 66.3. The Hall–Kier alpha value is -4.19. The van der Waals surface area contributed by atoms with E-state index in [1.165, 1.54) is 161 Å². The van der Waals surface area contributed by atoms with E-state index in [1.54, 1.807) is 6.08 Å². The van der Waals surface area contributed by atoms with Gasteiger partial charge in [0.15, 0.2) is 6.10 Å². The molecular weight excluding hydrogens is 973 g/mol. The van der Waals surface area contributed by atoms with E-state index in [4.69, 9.17) is 14.2 Å². The summed E-state index contributed by atoms with van der Waals surface area (Å²) in [6, 6.07) is 0. The Balaban J connectivity index is 4.43. The molecule has 0 N–H and O–H groups in total. The van der Waals surface area contributed by atoms with Crippen LogP contribution in [0.2, 0.25) is 0 Å². The molecule has 0 heterocycles. The lowest BCUT2D eigenvalue weighted by atomic mass is 10.0. The molecule has 0 aliphatic carbocycles. The zero-order chi connectivity index (χ0) is 57.1. The average molecular weight is 1100 g/mol. The van der Waals surface area contributed by atoms with Gasteiger partial charge in [0.25, 0.3) is 0 Å². The predicted molar refractivity (Wildman–Crippen MR) is 343 cm³/mol. The van der Waals surface area contributed by atoms with Crippen molar-refractivity contribution in [3.63, 3.8) is 0 Å². The third-order valence-electron chi connectivity index (χ3n) is 14.0. The highest BCUT2D eigenvalue weighted by atomic mass is 16.6. The molecule has 6 nitrogen and oxygen atoms in total. The van der Waals surface area contributed by atoms with E-state index in [-0.39, 0.29) is 31.6 Å². The first-order chi connectivity index (χ1) is 39.0. The maximum absolute atomic E-state index is 12.9. The molecule has 1 unspecified atom stereocenters. The fraction of sp³-hybridized carbons (Fsp3) is 0.685. The van der Waals surface area contributed by atoms with Gasteiger partial charge in [0.2, 0.25) is 0 Å². The molecule has 0 aromatic heterocycles. The van der Waals surface area contributed by atoms with Crippen LogP contribution in [0.1, 0.15) is 303 Å². The molecule has 0 rings (SSSR count). The van der Waals surface area contributed by atoms with E-state index >= 15 is 0 Å². The molecule has 0 spiro atoms. The lowest BCUT2D eigenvalue weighted by Gasteiger charge is -2.18. The number of hydrogen-bond donors (Lipinski definition) is 0. The first-order valence-electron chi connectivity index (χ1n) is 33.0. The first-order valence-corrected chi connectivity index (χ1v) is 33.0. The summed E-state index contributed by atoms with van der Waals surface area (Å²) < 4.78 is 16.8. The lowest BCUT2D eigenvalue weighted by molar-refractivity contribution is -0.166. The van der Waals surface area contributed by atoms with Gasteiger partial charge in [0.1, 0.15) is 13.2 Å². The van der Waals surface area contributed by atoms with Crippen LogP contribution in [-0.2, 0) is 28.6 Å². The molecule has 0 aliphatic rings. The zero-order valence-corrected chi connectivity index (χ0v) is 51.6. The maximum atomic E-state index is 12.9. The summed E-state index contributed by atoms with van der Waals surface area (Å²) in [6.45, 7) is 6.42. The van der Waals surface area contributed by atoms with E-state index in [0.717, 1.165) is 103 Å². The third kappa shape index (κ3) is 64.5. The summed E-state index contributed by atoms with van der Waals surface area (Å²) >= 11 is 0. The summed E-state index contributed by atoms with van der Waals surface area (Å²) in [5.41, 5.74) is 0. The number of carbonyl (C=O) groups is 3. The van der Waals surface area contributed by atoms with Crippen molar-refractivity contribution in [1.29, 1.82) is 0 Å². The standard InChI is InChI=1S/C73H122O6/c1-4-7-10-13-16-19-22-25-28-30-32-34-35-36-37-39-40-42-45-48-51-54-57-60-63-66-72(75)78-69-70(68-77-71(74)65-62-59-56-53-50-47-44-27-24-21-18-15-12-9-6-3)79-73(76)67-64-61-58-55-52-49-46-43-41-38-33-31-29-26-23-20-17-14-11-8-5-2/h9,12,18,21-23,25-27,30-33,41,43-44,50,53,59,62,70H,4-8,10-11,13-17,19-20,24,28-29,34-40,42,45-49,51-52,54-58,60-61,63-69H2,1-3H3/b12-9-,21-18-,25-22-,26-23-,32-30-,33-31-,43-41-,44-27-,53-50-,62-59-. The molecule has 450 valence electrons. The number of carbonyl (C=O) groups excluding carboxylic acids is 3. The summed E-state index contributed by atoms with van der Waals surface area (Å²) in [6.07, 6.45) is 92.3. The van der Waals surface area contributed by atoms with Gasteiger partial charge in [-0.25, -0.2) is 0 Å². The molecule has 0 aromatic rings. The molecule has 0 aromatic carbocycles. The SMILES string of the molecule is CC/C=C\C/C=C\C/C=C\C/C=C\C/C=C\CC(=O)OCC(COC(=O)CCCCCCCCCCCCCCC/C=C\C/C=C\CCCCCCC)OC(=O)CCCCCCCC/C=C\C/C=C\C/C=C\CCCCCCC. The van der Waals surface area contributed by atoms with Crippen LogP contribution in [0.15, 0.2) is 122 Å². The van der Waals surface area contributed by atoms with Gasteiger partial charge < -0.3 is 14.2 Å². The highest BCUT2D eigenvalue weighted by Gasteiger charge is 2.19. The van der Waals surface area contributed by atoms with Crippen molar-refractivity contribution in [2.45, 2.75) is 309 Å². The van der Waals surface area contributed by atoms with Crippen molar-refractivity contribution in [1.82, 2.24) is 0 Å². The van der Waals surface area contributed by atoms with Gasteiger partial charge in [-0.05, 0) is 116 Å². The van der Waals surface area contributed by atoms with Gasteiger partial charge in [-0.3, -0.25) is 14.4 Å². The summed E-state index contributed by atoms with van der Waals surface area (Å²) in [4.78, 5) is 38.3. The number of esters is 3. The molecule has 0 saturated heterocycles. The molecule has 0 saturated carbocycles. The van der Waals surface area contributed by atoms with Gasteiger partial charge in [-0.15, -0.1) is 0 Å². The molecule has 0 amide bonds. The minimum Gasteiger partial charge on any atom is -0.462 e. The number of unbranched alkanes of at least 4 members (excludes halogenated alkanes) is 29. The van der Waals surface area contributed by atoms with Gasteiger partial charge in [0, 0.05) is 12.8 Å². The van der Waals surface area contributed by atoms with Crippen LogP contribution >= 0.6 is 0 Å². The van der Waals surface area contributed by atoms with Crippen molar-refractivity contribution in [2.24, 2.45) is 0 Å².